The number of nitrogens with one attached hydrogen (secondary N) is 2. The van der Waals surface area contributed by atoms with Crippen LogP contribution in [0.3, 0.4) is 0 Å². The van der Waals surface area contributed by atoms with Crippen molar-refractivity contribution in [3.05, 3.63) is 58.6 Å². The van der Waals surface area contributed by atoms with Gasteiger partial charge in [-0.15, -0.1) is 0 Å². The van der Waals surface area contributed by atoms with Gasteiger partial charge in [-0.3, -0.25) is 10.1 Å². The normalized spacial score (nSPS) is 20.6. The number of hydrogen-bond acceptors (Lipinski definition) is 4. The lowest BCUT2D eigenvalue weighted by molar-refractivity contribution is -0.164. The van der Waals surface area contributed by atoms with Gasteiger partial charge in [0.1, 0.15) is 17.9 Å². The van der Waals surface area contributed by atoms with Crippen LogP contribution in [-0.2, 0) is 0 Å². The highest BCUT2D eigenvalue weighted by Gasteiger charge is 2.64. The lowest BCUT2D eigenvalue weighted by Gasteiger charge is -2.63. The van der Waals surface area contributed by atoms with Crippen molar-refractivity contribution in [3.8, 4) is 11.8 Å². The summed E-state index contributed by atoms with van der Waals surface area (Å²) >= 11 is 6.12. The maximum Gasteiger partial charge on any atom is 0.409 e. The summed E-state index contributed by atoms with van der Waals surface area (Å²) in [6.07, 6.45) is -1.36. The first kappa shape index (κ1) is 22.4. The fraction of sp³-hybridized carbons (Fsp3) is 0.348. The lowest BCUT2D eigenvalue weighted by atomic mass is 9.49. The van der Waals surface area contributed by atoms with Crippen molar-refractivity contribution in [1.29, 1.82) is 5.26 Å². The summed E-state index contributed by atoms with van der Waals surface area (Å²) in [5, 5.41) is 23.5. The predicted octanol–water partition coefficient (Wildman–Crippen LogP) is 4.91. The van der Waals surface area contributed by atoms with E-state index >= 15 is 0 Å². The highest BCUT2D eigenvalue weighted by molar-refractivity contribution is 6.31. The standard InChI is InChI=1S/C23H24ClN3O4/c1-22(2)19(27-18(28)13-5-8-15(9-6-13)26-21(29)30)23(3,4)20(22)31-16-10-7-14(12-25)17(24)11-16/h5-11,19-20,26H,1-4H3,(H,27,28)(H,29,30). The zero-order valence-corrected chi connectivity index (χ0v) is 18.4. The molecule has 0 saturated heterocycles. The molecule has 0 atom stereocenters. The molecule has 1 aliphatic rings. The second kappa shape index (κ2) is 8.12. The molecule has 0 aromatic heterocycles. The Morgan fingerprint density at radius 3 is 2.23 bits per heavy atom. The fourth-order valence-corrected chi connectivity index (χ4v) is 4.85. The first-order valence-electron chi connectivity index (χ1n) is 9.74. The van der Waals surface area contributed by atoms with E-state index in [0.717, 1.165) is 0 Å². The van der Waals surface area contributed by atoms with Crippen molar-refractivity contribution in [1.82, 2.24) is 5.32 Å². The minimum atomic E-state index is -1.16. The third-order valence-corrected chi connectivity index (χ3v) is 6.14. The van der Waals surface area contributed by atoms with Crippen molar-refractivity contribution in [3.63, 3.8) is 0 Å². The summed E-state index contributed by atoms with van der Waals surface area (Å²) in [6, 6.07) is 13.1. The first-order chi connectivity index (χ1) is 14.5. The van der Waals surface area contributed by atoms with Gasteiger partial charge in [-0.05, 0) is 36.4 Å². The Morgan fingerprint density at radius 1 is 1.10 bits per heavy atom. The molecule has 2 amide bonds. The Labute approximate surface area is 186 Å². The molecule has 8 heteroatoms. The summed E-state index contributed by atoms with van der Waals surface area (Å²) in [7, 11) is 0. The van der Waals surface area contributed by atoms with Crippen LogP contribution in [-0.4, -0.2) is 29.3 Å². The maximum absolute atomic E-state index is 12.8. The molecule has 1 saturated carbocycles. The topological polar surface area (TPSA) is 111 Å². The Hall–Kier alpha value is -3.24. The van der Waals surface area contributed by atoms with Gasteiger partial charge in [0.2, 0.25) is 0 Å². The highest BCUT2D eigenvalue weighted by Crippen LogP contribution is 2.55. The molecule has 1 aliphatic carbocycles. The summed E-state index contributed by atoms with van der Waals surface area (Å²) in [4.78, 5) is 23.5. The number of anilines is 1. The molecular weight excluding hydrogens is 418 g/mol. The lowest BCUT2D eigenvalue weighted by Crippen LogP contribution is -2.74. The second-order valence-electron chi connectivity index (χ2n) is 8.81. The van der Waals surface area contributed by atoms with E-state index in [1.54, 1.807) is 42.5 Å². The summed E-state index contributed by atoms with van der Waals surface area (Å²) in [5.74, 6) is 0.328. The number of halogens is 1. The summed E-state index contributed by atoms with van der Waals surface area (Å²) < 4.78 is 6.22. The van der Waals surface area contributed by atoms with E-state index in [-0.39, 0.29) is 28.9 Å². The number of carbonyl (C=O) groups excluding carboxylic acids is 1. The van der Waals surface area contributed by atoms with Crippen LogP contribution in [0.1, 0.15) is 43.6 Å². The van der Waals surface area contributed by atoms with E-state index < -0.39 is 6.09 Å². The minimum Gasteiger partial charge on any atom is -0.489 e. The number of nitriles is 1. The maximum atomic E-state index is 12.8. The van der Waals surface area contributed by atoms with Gasteiger partial charge in [0.05, 0.1) is 10.6 Å². The van der Waals surface area contributed by atoms with Crippen molar-refractivity contribution >= 4 is 29.3 Å². The van der Waals surface area contributed by atoms with E-state index in [2.05, 4.69) is 10.6 Å². The number of ether oxygens (including phenoxy) is 1. The van der Waals surface area contributed by atoms with Gasteiger partial charge in [0.15, 0.2) is 0 Å². The van der Waals surface area contributed by atoms with Crippen LogP contribution in [0.5, 0.6) is 5.75 Å². The molecule has 31 heavy (non-hydrogen) atoms. The van der Waals surface area contributed by atoms with E-state index in [9.17, 15) is 9.59 Å². The predicted molar refractivity (Wildman–Crippen MR) is 117 cm³/mol. The minimum absolute atomic E-state index is 0.164. The zero-order chi connectivity index (χ0) is 23.0. The first-order valence-corrected chi connectivity index (χ1v) is 10.1. The largest absolute Gasteiger partial charge is 0.489 e. The van der Waals surface area contributed by atoms with Crippen LogP contribution in [0.2, 0.25) is 5.02 Å². The quantitative estimate of drug-likeness (QED) is 0.610. The number of nitrogens with zero attached hydrogens (tertiary/aromatic N) is 1. The molecule has 0 radical (unpaired) electrons. The van der Waals surface area contributed by atoms with E-state index in [4.69, 9.17) is 26.7 Å². The molecule has 162 valence electrons. The molecule has 0 spiro atoms. The summed E-state index contributed by atoms with van der Waals surface area (Å²) in [6.45, 7) is 8.11. The number of carboxylic acid groups (broad SMARTS) is 1. The molecule has 1 fully saturated rings. The van der Waals surface area contributed by atoms with Crippen LogP contribution in [0.25, 0.3) is 0 Å². The average Bonchev–Trinajstić information content (AvgIpc) is 2.70. The van der Waals surface area contributed by atoms with Crippen LogP contribution in [0, 0.1) is 22.2 Å². The smallest absolute Gasteiger partial charge is 0.409 e. The number of carbonyl (C=O) groups is 2. The molecule has 2 aromatic rings. The zero-order valence-electron chi connectivity index (χ0n) is 17.7. The Bertz CT molecular complexity index is 1040. The van der Waals surface area contributed by atoms with Crippen LogP contribution in [0.15, 0.2) is 42.5 Å². The van der Waals surface area contributed by atoms with E-state index in [1.165, 1.54) is 0 Å². The fourth-order valence-electron chi connectivity index (χ4n) is 4.64. The van der Waals surface area contributed by atoms with Crippen molar-refractivity contribution < 1.29 is 19.4 Å². The number of benzene rings is 2. The van der Waals surface area contributed by atoms with Crippen molar-refractivity contribution in [2.75, 3.05) is 5.32 Å². The Morgan fingerprint density at radius 2 is 1.71 bits per heavy atom. The Balaban J connectivity index is 1.72. The van der Waals surface area contributed by atoms with Gasteiger partial charge >= 0.3 is 6.09 Å². The third-order valence-electron chi connectivity index (χ3n) is 5.83. The average molecular weight is 442 g/mol. The van der Waals surface area contributed by atoms with Gasteiger partial charge in [0, 0.05) is 34.2 Å². The highest BCUT2D eigenvalue weighted by atomic mass is 35.5. The molecular formula is C23H24ClN3O4. The monoisotopic (exact) mass is 441 g/mol. The molecule has 0 unspecified atom stereocenters. The number of hydrogen-bond donors (Lipinski definition) is 3. The van der Waals surface area contributed by atoms with E-state index in [0.29, 0.717) is 27.6 Å². The molecule has 0 bridgehead atoms. The molecule has 7 nitrogen and oxygen atoms in total. The molecule has 0 aliphatic heterocycles. The molecule has 3 rings (SSSR count). The van der Waals surface area contributed by atoms with Gasteiger partial charge in [-0.1, -0.05) is 39.3 Å². The molecule has 2 aromatic carbocycles. The van der Waals surface area contributed by atoms with Crippen LogP contribution < -0.4 is 15.4 Å². The van der Waals surface area contributed by atoms with Crippen molar-refractivity contribution in [2.45, 2.75) is 39.8 Å². The van der Waals surface area contributed by atoms with Crippen molar-refractivity contribution in [2.24, 2.45) is 10.8 Å². The molecule has 3 N–H and O–H groups in total. The third kappa shape index (κ3) is 4.30. The number of rotatable bonds is 5. The Kier molecular flexibility index (Phi) is 5.88. The number of amides is 2. The van der Waals surface area contributed by atoms with Gasteiger partial charge in [0.25, 0.3) is 5.91 Å². The SMILES string of the molecule is CC1(C)C(NC(=O)c2ccc(NC(=O)O)cc2)C(C)(C)C1Oc1ccc(C#N)c(Cl)c1. The van der Waals surface area contributed by atoms with Crippen LogP contribution >= 0.6 is 11.6 Å². The van der Waals surface area contributed by atoms with Gasteiger partial charge < -0.3 is 15.2 Å². The van der Waals surface area contributed by atoms with E-state index in [1.807, 2.05) is 33.8 Å². The summed E-state index contributed by atoms with van der Waals surface area (Å²) in [5.41, 5.74) is 0.471. The molecule has 0 heterocycles. The second-order valence-corrected chi connectivity index (χ2v) is 9.22. The van der Waals surface area contributed by atoms with Gasteiger partial charge in [-0.2, -0.15) is 5.26 Å². The van der Waals surface area contributed by atoms with Gasteiger partial charge in [-0.25, -0.2) is 4.79 Å². The van der Waals surface area contributed by atoms with Crippen LogP contribution in [0.4, 0.5) is 10.5 Å².